The van der Waals surface area contributed by atoms with Crippen LogP contribution in [0, 0.1) is 0 Å². The number of halogens is 1. The molecule has 1 aliphatic heterocycles. The predicted molar refractivity (Wildman–Crippen MR) is 68.6 cm³/mol. The Morgan fingerprint density at radius 2 is 2.06 bits per heavy atom. The second kappa shape index (κ2) is 5.65. The first-order valence-electron chi connectivity index (χ1n) is 6.04. The highest BCUT2D eigenvalue weighted by Crippen LogP contribution is 2.19. The number of rotatable bonds is 3. The fraction of sp³-hybridized carbons (Fsp3) is 0.667. The summed E-state index contributed by atoms with van der Waals surface area (Å²) in [4.78, 5) is 8.70. The highest BCUT2D eigenvalue weighted by atomic mass is 35.5. The molecule has 0 aliphatic carbocycles. The van der Waals surface area contributed by atoms with Gasteiger partial charge < -0.3 is 10.1 Å². The first-order chi connectivity index (χ1) is 8.15. The molecule has 17 heavy (non-hydrogen) atoms. The van der Waals surface area contributed by atoms with E-state index in [1.807, 2.05) is 0 Å². The molecule has 94 valence electrons. The van der Waals surface area contributed by atoms with Gasteiger partial charge in [-0.15, -0.1) is 0 Å². The zero-order chi connectivity index (χ0) is 12.3. The Kier molecular flexibility index (Phi) is 4.18. The van der Waals surface area contributed by atoms with E-state index >= 15 is 0 Å². The number of nitrogens with zero attached hydrogens (tertiary/aromatic N) is 2. The quantitative estimate of drug-likeness (QED) is 0.844. The van der Waals surface area contributed by atoms with E-state index in [-0.39, 0.29) is 5.92 Å². The predicted octanol–water partition coefficient (Wildman–Crippen LogP) is 2.84. The number of aromatic nitrogens is 2. The number of hydrogen-bond acceptors (Lipinski definition) is 4. The summed E-state index contributed by atoms with van der Waals surface area (Å²) in [6.07, 6.45) is 2.03. The monoisotopic (exact) mass is 255 g/mol. The largest absolute Gasteiger partial charge is 0.381 e. The van der Waals surface area contributed by atoms with Crippen molar-refractivity contribution in [2.24, 2.45) is 0 Å². The van der Waals surface area contributed by atoms with Crippen LogP contribution in [0.4, 0.5) is 5.82 Å². The fourth-order valence-electron chi connectivity index (χ4n) is 1.82. The molecule has 2 heterocycles. The molecule has 1 N–H and O–H groups in total. The number of anilines is 1. The summed E-state index contributed by atoms with van der Waals surface area (Å²) in [6, 6.07) is 2.21. The van der Waals surface area contributed by atoms with Gasteiger partial charge in [0.1, 0.15) is 16.8 Å². The molecule has 0 unspecified atom stereocenters. The van der Waals surface area contributed by atoms with Crippen LogP contribution < -0.4 is 5.32 Å². The summed E-state index contributed by atoms with van der Waals surface area (Å²) in [6.45, 7) is 5.74. The third-order valence-corrected chi connectivity index (χ3v) is 3.00. The summed E-state index contributed by atoms with van der Waals surface area (Å²) < 4.78 is 5.32. The summed E-state index contributed by atoms with van der Waals surface area (Å²) in [5.41, 5.74) is 0. The topological polar surface area (TPSA) is 47.0 Å². The van der Waals surface area contributed by atoms with Crippen LogP contribution in [-0.4, -0.2) is 29.2 Å². The van der Waals surface area contributed by atoms with Gasteiger partial charge in [-0.3, -0.25) is 0 Å². The fourth-order valence-corrected chi connectivity index (χ4v) is 2.01. The average molecular weight is 256 g/mol. The van der Waals surface area contributed by atoms with Crippen molar-refractivity contribution in [1.82, 2.24) is 9.97 Å². The lowest BCUT2D eigenvalue weighted by Gasteiger charge is -2.23. The van der Waals surface area contributed by atoms with E-state index in [4.69, 9.17) is 16.3 Å². The maximum atomic E-state index is 6.00. The van der Waals surface area contributed by atoms with Crippen molar-refractivity contribution in [1.29, 1.82) is 0 Å². The average Bonchev–Trinajstić information content (AvgIpc) is 2.29. The van der Waals surface area contributed by atoms with Crippen molar-refractivity contribution in [2.45, 2.75) is 38.6 Å². The first-order valence-corrected chi connectivity index (χ1v) is 6.41. The van der Waals surface area contributed by atoms with Crippen LogP contribution in [0.2, 0.25) is 5.15 Å². The van der Waals surface area contributed by atoms with Gasteiger partial charge in [0.05, 0.1) is 0 Å². The lowest BCUT2D eigenvalue weighted by Crippen LogP contribution is -2.28. The van der Waals surface area contributed by atoms with Gasteiger partial charge in [-0.25, -0.2) is 9.97 Å². The standard InChI is InChI=1S/C12H18ClN3O/c1-8(2)12-15-10(13)7-11(16-12)14-9-3-5-17-6-4-9/h7-9H,3-6H2,1-2H3,(H,14,15,16). The van der Waals surface area contributed by atoms with Gasteiger partial charge in [-0.2, -0.15) is 0 Å². The molecule has 1 aromatic heterocycles. The number of hydrogen-bond donors (Lipinski definition) is 1. The maximum Gasteiger partial charge on any atom is 0.135 e. The van der Waals surface area contributed by atoms with Crippen molar-refractivity contribution in [2.75, 3.05) is 18.5 Å². The molecule has 0 radical (unpaired) electrons. The smallest absolute Gasteiger partial charge is 0.135 e. The highest BCUT2D eigenvalue weighted by Gasteiger charge is 2.15. The molecular formula is C12H18ClN3O. The zero-order valence-corrected chi connectivity index (χ0v) is 11.0. The van der Waals surface area contributed by atoms with Gasteiger partial charge in [-0.1, -0.05) is 25.4 Å². The molecule has 1 aromatic rings. The minimum Gasteiger partial charge on any atom is -0.381 e. The molecule has 2 rings (SSSR count). The zero-order valence-electron chi connectivity index (χ0n) is 10.2. The molecule has 0 atom stereocenters. The van der Waals surface area contributed by atoms with Gasteiger partial charge in [-0.05, 0) is 12.8 Å². The summed E-state index contributed by atoms with van der Waals surface area (Å²) in [7, 11) is 0. The molecular weight excluding hydrogens is 238 g/mol. The van der Waals surface area contributed by atoms with Crippen molar-refractivity contribution in [3.8, 4) is 0 Å². The molecule has 0 amide bonds. The van der Waals surface area contributed by atoms with Crippen LogP contribution >= 0.6 is 11.6 Å². The van der Waals surface area contributed by atoms with Crippen LogP contribution in [0.1, 0.15) is 38.4 Å². The van der Waals surface area contributed by atoms with E-state index in [0.717, 1.165) is 37.7 Å². The van der Waals surface area contributed by atoms with Crippen molar-refractivity contribution in [3.63, 3.8) is 0 Å². The molecule has 4 nitrogen and oxygen atoms in total. The Bertz CT molecular complexity index is 378. The van der Waals surface area contributed by atoms with Gasteiger partial charge in [0.2, 0.25) is 0 Å². The second-order valence-corrected chi connectivity index (χ2v) is 5.01. The maximum absolute atomic E-state index is 6.00. The Morgan fingerprint density at radius 1 is 1.35 bits per heavy atom. The lowest BCUT2D eigenvalue weighted by molar-refractivity contribution is 0.0904. The Labute approximate surface area is 107 Å². The van der Waals surface area contributed by atoms with Crippen LogP contribution in [-0.2, 0) is 4.74 Å². The molecule has 0 saturated carbocycles. The third kappa shape index (κ3) is 3.54. The number of nitrogens with one attached hydrogen (secondary N) is 1. The highest BCUT2D eigenvalue weighted by molar-refractivity contribution is 6.29. The van der Waals surface area contributed by atoms with Crippen LogP contribution in [0.15, 0.2) is 6.07 Å². The van der Waals surface area contributed by atoms with E-state index in [2.05, 4.69) is 29.1 Å². The molecule has 1 aliphatic rings. The summed E-state index contributed by atoms with van der Waals surface area (Å²) in [5.74, 6) is 1.89. The SMILES string of the molecule is CC(C)c1nc(Cl)cc(NC2CCOCC2)n1. The normalized spacial score (nSPS) is 17.4. The Balaban J connectivity index is 2.09. The van der Waals surface area contributed by atoms with E-state index in [0.29, 0.717) is 11.2 Å². The van der Waals surface area contributed by atoms with Crippen molar-refractivity contribution < 1.29 is 4.74 Å². The van der Waals surface area contributed by atoms with E-state index in [9.17, 15) is 0 Å². The second-order valence-electron chi connectivity index (χ2n) is 4.62. The van der Waals surface area contributed by atoms with Gasteiger partial charge in [0.15, 0.2) is 0 Å². The molecule has 1 saturated heterocycles. The lowest BCUT2D eigenvalue weighted by atomic mass is 10.1. The van der Waals surface area contributed by atoms with Gasteiger partial charge in [0, 0.05) is 31.2 Å². The van der Waals surface area contributed by atoms with Crippen molar-refractivity contribution >= 4 is 17.4 Å². The van der Waals surface area contributed by atoms with Crippen LogP contribution in [0.25, 0.3) is 0 Å². The molecule has 1 fully saturated rings. The minimum absolute atomic E-state index is 0.281. The number of ether oxygens (including phenoxy) is 1. The summed E-state index contributed by atoms with van der Waals surface area (Å²) in [5, 5.41) is 3.90. The Morgan fingerprint density at radius 3 is 2.71 bits per heavy atom. The first kappa shape index (κ1) is 12.6. The third-order valence-electron chi connectivity index (χ3n) is 2.80. The van der Waals surface area contributed by atoms with Gasteiger partial charge in [0.25, 0.3) is 0 Å². The minimum atomic E-state index is 0.281. The van der Waals surface area contributed by atoms with E-state index in [1.54, 1.807) is 6.07 Å². The summed E-state index contributed by atoms with van der Waals surface area (Å²) >= 11 is 6.00. The van der Waals surface area contributed by atoms with Crippen LogP contribution in [0.3, 0.4) is 0 Å². The van der Waals surface area contributed by atoms with E-state index in [1.165, 1.54) is 0 Å². The molecule has 0 bridgehead atoms. The van der Waals surface area contributed by atoms with Crippen LogP contribution in [0.5, 0.6) is 0 Å². The van der Waals surface area contributed by atoms with Gasteiger partial charge >= 0.3 is 0 Å². The molecule has 0 spiro atoms. The Hall–Kier alpha value is -0.870. The molecule has 0 aromatic carbocycles. The molecule has 5 heteroatoms. The van der Waals surface area contributed by atoms with E-state index < -0.39 is 0 Å². The van der Waals surface area contributed by atoms with Crippen molar-refractivity contribution in [3.05, 3.63) is 17.0 Å².